The molecule has 2 aromatic heterocycles. The Balaban J connectivity index is 1.73. The molecule has 0 saturated heterocycles. The first-order valence-corrected chi connectivity index (χ1v) is 11.4. The molecule has 0 aliphatic carbocycles. The first kappa shape index (κ1) is 21.0. The van der Waals surface area contributed by atoms with E-state index in [1.54, 1.807) is 0 Å². The molecule has 5 rings (SSSR count). The molecule has 0 saturated carbocycles. The van der Waals surface area contributed by atoms with Crippen molar-refractivity contribution in [3.05, 3.63) is 89.2 Å². The van der Waals surface area contributed by atoms with E-state index in [1.165, 1.54) is 4.90 Å². The molecule has 1 aliphatic rings. The van der Waals surface area contributed by atoms with Crippen LogP contribution in [-0.4, -0.2) is 21.8 Å². The summed E-state index contributed by atoms with van der Waals surface area (Å²) in [5, 5.41) is 0. The Kier molecular flexibility index (Phi) is 5.05. The summed E-state index contributed by atoms with van der Waals surface area (Å²) in [7, 11) is 0. The van der Waals surface area contributed by atoms with E-state index in [9.17, 15) is 9.59 Å². The fraction of sp³-hybridized carbons (Fsp3) is 0.214. The van der Waals surface area contributed by atoms with Crippen LogP contribution >= 0.6 is 0 Å². The second kappa shape index (κ2) is 7.93. The minimum Gasteiger partial charge on any atom is -0.361 e. The van der Waals surface area contributed by atoms with Crippen molar-refractivity contribution in [3.8, 4) is 22.5 Å². The molecule has 2 aromatic carbocycles. The number of hydrogen-bond acceptors (Lipinski definition) is 2. The smallest absolute Gasteiger partial charge is 0.266 e. The van der Waals surface area contributed by atoms with Crippen molar-refractivity contribution in [1.29, 1.82) is 0 Å². The third kappa shape index (κ3) is 3.32. The number of anilines is 1. The SMILES string of the molecule is CC(C)c1cccc(C(C)C)c1N1C(=O)c2cc(-c3ccc[nH]3)c(-c3ccc[nH]3)cc2C1=O. The molecule has 166 valence electrons. The molecule has 0 radical (unpaired) electrons. The number of H-pyrrole nitrogens is 2. The van der Waals surface area contributed by atoms with Crippen molar-refractivity contribution in [2.75, 3.05) is 4.90 Å². The van der Waals surface area contributed by atoms with Crippen molar-refractivity contribution in [2.24, 2.45) is 0 Å². The van der Waals surface area contributed by atoms with Gasteiger partial charge in [-0.1, -0.05) is 45.9 Å². The lowest BCUT2D eigenvalue weighted by Crippen LogP contribution is -2.31. The number of benzene rings is 2. The highest BCUT2D eigenvalue weighted by Crippen LogP contribution is 2.42. The average molecular weight is 438 g/mol. The summed E-state index contributed by atoms with van der Waals surface area (Å²) >= 11 is 0. The van der Waals surface area contributed by atoms with E-state index in [2.05, 4.69) is 37.7 Å². The van der Waals surface area contributed by atoms with Crippen LogP contribution in [0, 0.1) is 0 Å². The fourth-order valence-electron chi connectivity index (χ4n) is 4.70. The predicted molar refractivity (Wildman–Crippen MR) is 132 cm³/mol. The summed E-state index contributed by atoms with van der Waals surface area (Å²) in [5.41, 5.74) is 7.17. The van der Waals surface area contributed by atoms with E-state index < -0.39 is 0 Å². The average Bonchev–Trinajstić information content (AvgIpc) is 3.55. The van der Waals surface area contributed by atoms with Crippen LogP contribution in [0.4, 0.5) is 5.69 Å². The number of fused-ring (bicyclic) bond motifs is 1. The van der Waals surface area contributed by atoms with Gasteiger partial charge in [0.1, 0.15) is 0 Å². The predicted octanol–water partition coefficient (Wildman–Crippen LogP) is 6.72. The van der Waals surface area contributed by atoms with Gasteiger partial charge in [-0.2, -0.15) is 0 Å². The van der Waals surface area contributed by atoms with Gasteiger partial charge in [0.05, 0.1) is 16.8 Å². The highest BCUT2D eigenvalue weighted by molar-refractivity contribution is 6.35. The van der Waals surface area contributed by atoms with Crippen LogP contribution in [0.3, 0.4) is 0 Å². The van der Waals surface area contributed by atoms with E-state index in [0.717, 1.165) is 39.3 Å². The zero-order chi connectivity index (χ0) is 23.3. The van der Waals surface area contributed by atoms with Crippen molar-refractivity contribution in [3.63, 3.8) is 0 Å². The lowest BCUT2D eigenvalue weighted by molar-refractivity contribution is 0.0925. The summed E-state index contributed by atoms with van der Waals surface area (Å²) in [5.74, 6) is -0.189. The molecular formula is C28H27N3O2. The van der Waals surface area contributed by atoms with E-state index >= 15 is 0 Å². The molecule has 0 spiro atoms. The van der Waals surface area contributed by atoms with Gasteiger partial charge in [-0.25, -0.2) is 4.90 Å². The molecule has 0 fully saturated rings. The maximum atomic E-state index is 13.8. The summed E-state index contributed by atoms with van der Waals surface area (Å²) < 4.78 is 0. The quantitative estimate of drug-likeness (QED) is 0.340. The standard InChI is InChI=1S/C28H27N3O2/c1-16(2)18-8-5-9-19(17(3)4)26(18)31-27(32)22-14-20(24-10-6-12-29-24)21(15-23(22)28(31)33)25-11-7-13-30-25/h5-17,29-30H,1-4H3. The summed E-state index contributed by atoms with van der Waals surface area (Å²) in [6.07, 6.45) is 3.71. The molecule has 2 N–H and O–H groups in total. The summed E-state index contributed by atoms with van der Waals surface area (Å²) in [4.78, 5) is 35.4. The van der Waals surface area contributed by atoms with Crippen molar-refractivity contribution in [2.45, 2.75) is 39.5 Å². The number of hydrogen-bond donors (Lipinski definition) is 2. The van der Waals surface area contributed by atoms with E-state index in [1.807, 2.05) is 67.0 Å². The van der Waals surface area contributed by atoms with Gasteiger partial charge < -0.3 is 9.97 Å². The minimum atomic E-state index is -0.268. The lowest BCUT2D eigenvalue weighted by atomic mass is 9.92. The van der Waals surface area contributed by atoms with E-state index in [4.69, 9.17) is 0 Å². The second-order valence-electron chi connectivity index (χ2n) is 9.15. The number of aromatic nitrogens is 2. The van der Waals surface area contributed by atoms with E-state index in [0.29, 0.717) is 11.1 Å². The summed E-state index contributed by atoms with van der Waals surface area (Å²) in [6.45, 7) is 8.36. The third-order valence-corrected chi connectivity index (χ3v) is 6.37. The molecule has 2 amide bonds. The van der Waals surface area contributed by atoms with Gasteiger partial charge in [-0.3, -0.25) is 9.59 Å². The van der Waals surface area contributed by atoms with Crippen molar-refractivity contribution >= 4 is 17.5 Å². The number of rotatable bonds is 5. The second-order valence-corrected chi connectivity index (χ2v) is 9.15. The number of imide groups is 1. The minimum absolute atomic E-state index is 0.173. The number of nitrogens with one attached hydrogen (secondary N) is 2. The van der Waals surface area contributed by atoms with Crippen molar-refractivity contribution in [1.82, 2.24) is 9.97 Å². The number of amides is 2. The topological polar surface area (TPSA) is 69.0 Å². The Morgan fingerprint density at radius 1 is 0.636 bits per heavy atom. The Morgan fingerprint density at radius 2 is 1.09 bits per heavy atom. The normalized spacial score (nSPS) is 13.5. The monoisotopic (exact) mass is 437 g/mol. The van der Waals surface area contributed by atoms with Gasteiger partial charge in [0.2, 0.25) is 0 Å². The van der Waals surface area contributed by atoms with Crippen LogP contribution in [0.2, 0.25) is 0 Å². The number of carbonyl (C=O) groups is 2. The lowest BCUT2D eigenvalue weighted by Gasteiger charge is -2.25. The Hall–Kier alpha value is -3.86. The Labute approximate surface area is 193 Å². The van der Waals surface area contributed by atoms with Gasteiger partial charge >= 0.3 is 0 Å². The molecule has 5 nitrogen and oxygen atoms in total. The maximum absolute atomic E-state index is 13.8. The summed E-state index contributed by atoms with van der Waals surface area (Å²) in [6, 6.07) is 17.5. The highest BCUT2D eigenvalue weighted by Gasteiger charge is 2.40. The molecule has 4 aromatic rings. The molecule has 3 heterocycles. The van der Waals surface area contributed by atoms with Crippen LogP contribution < -0.4 is 4.90 Å². The Bertz CT molecular complexity index is 1250. The largest absolute Gasteiger partial charge is 0.361 e. The van der Waals surface area contributed by atoms with Crippen LogP contribution in [0.5, 0.6) is 0 Å². The number of nitrogens with zero attached hydrogens (tertiary/aromatic N) is 1. The van der Waals surface area contributed by atoms with E-state index in [-0.39, 0.29) is 23.7 Å². The van der Waals surface area contributed by atoms with Crippen LogP contribution in [0.1, 0.15) is 71.4 Å². The van der Waals surface area contributed by atoms with Gasteiger partial charge in [-0.15, -0.1) is 0 Å². The Morgan fingerprint density at radius 3 is 1.45 bits per heavy atom. The maximum Gasteiger partial charge on any atom is 0.266 e. The van der Waals surface area contributed by atoms with Crippen LogP contribution in [0.15, 0.2) is 67.0 Å². The number of carbonyl (C=O) groups excluding carboxylic acids is 2. The van der Waals surface area contributed by atoms with Gasteiger partial charge in [0.25, 0.3) is 11.8 Å². The number of para-hydroxylation sites is 1. The molecule has 0 atom stereocenters. The molecule has 0 bridgehead atoms. The molecule has 33 heavy (non-hydrogen) atoms. The third-order valence-electron chi connectivity index (χ3n) is 6.37. The molecule has 0 unspecified atom stereocenters. The molecule has 5 heteroatoms. The van der Waals surface area contributed by atoms with Crippen LogP contribution in [-0.2, 0) is 0 Å². The highest BCUT2D eigenvalue weighted by atomic mass is 16.2. The van der Waals surface area contributed by atoms with Gasteiger partial charge in [-0.05, 0) is 59.4 Å². The van der Waals surface area contributed by atoms with Gasteiger partial charge in [0, 0.05) is 34.9 Å². The fourth-order valence-corrected chi connectivity index (χ4v) is 4.70. The first-order valence-electron chi connectivity index (χ1n) is 11.4. The van der Waals surface area contributed by atoms with Crippen molar-refractivity contribution < 1.29 is 9.59 Å². The zero-order valence-electron chi connectivity index (χ0n) is 19.3. The molecule has 1 aliphatic heterocycles. The first-order chi connectivity index (χ1) is 15.9. The number of aromatic amines is 2. The zero-order valence-corrected chi connectivity index (χ0v) is 19.3. The molecular weight excluding hydrogens is 410 g/mol. The van der Waals surface area contributed by atoms with Gasteiger partial charge in [0.15, 0.2) is 0 Å². The van der Waals surface area contributed by atoms with Crippen LogP contribution in [0.25, 0.3) is 22.5 Å².